The standard InChI is InChI=1S/C15H22N2O3/c1-5-20-15(19)16-8-9-17(13(4)18)14-7-6-11(2)12(3)10-14/h6-7,10H,5,8-9H2,1-4H3,(H,16,19). The van der Waals surface area contributed by atoms with Crippen LogP contribution in [0, 0.1) is 13.8 Å². The van der Waals surface area contributed by atoms with Crippen molar-refractivity contribution in [1.82, 2.24) is 5.32 Å². The van der Waals surface area contributed by atoms with Crippen LogP contribution >= 0.6 is 0 Å². The van der Waals surface area contributed by atoms with Gasteiger partial charge in [0.2, 0.25) is 5.91 Å². The second-order valence-corrected chi connectivity index (χ2v) is 4.59. The van der Waals surface area contributed by atoms with Gasteiger partial charge >= 0.3 is 6.09 Å². The first-order valence-electron chi connectivity index (χ1n) is 6.71. The molecule has 0 bridgehead atoms. The van der Waals surface area contributed by atoms with Gasteiger partial charge in [0.25, 0.3) is 0 Å². The first-order valence-corrected chi connectivity index (χ1v) is 6.71. The van der Waals surface area contributed by atoms with Crippen molar-refractivity contribution in [3.63, 3.8) is 0 Å². The molecule has 1 rings (SSSR count). The fraction of sp³-hybridized carbons (Fsp3) is 0.467. The van der Waals surface area contributed by atoms with E-state index < -0.39 is 6.09 Å². The molecule has 0 aliphatic rings. The molecule has 5 heteroatoms. The van der Waals surface area contributed by atoms with Crippen molar-refractivity contribution in [3.05, 3.63) is 29.3 Å². The number of amides is 2. The topological polar surface area (TPSA) is 58.6 Å². The first kappa shape index (κ1) is 16.0. The van der Waals surface area contributed by atoms with Gasteiger partial charge < -0.3 is 15.0 Å². The van der Waals surface area contributed by atoms with E-state index in [1.807, 2.05) is 32.0 Å². The highest BCUT2D eigenvalue weighted by Crippen LogP contribution is 2.18. The lowest BCUT2D eigenvalue weighted by molar-refractivity contribution is -0.116. The summed E-state index contributed by atoms with van der Waals surface area (Å²) < 4.78 is 4.77. The zero-order chi connectivity index (χ0) is 15.1. The first-order chi connectivity index (χ1) is 9.45. The minimum absolute atomic E-state index is 0.0566. The number of aryl methyl sites for hydroxylation is 2. The lowest BCUT2D eigenvalue weighted by Gasteiger charge is -2.22. The van der Waals surface area contributed by atoms with E-state index in [0.717, 1.165) is 11.3 Å². The molecule has 1 aromatic carbocycles. The minimum Gasteiger partial charge on any atom is -0.450 e. The van der Waals surface area contributed by atoms with Gasteiger partial charge in [-0.1, -0.05) is 6.07 Å². The second kappa shape index (κ2) is 7.53. The van der Waals surface area contributed by atoms with Gasteiger partial charge in [-0.15, -0.1) is 0 Å². The predicted octanol–water partition coefficient (Wildman–Crippen LogP) is 2.40. The van der Waals surface area contributed by atoms with E-state index in [1.54, 1.807) is 11.8 Å². The number of ether oxygens (including phenoxy) is 1. The average molecular weight is 278 g/mol. The van der Waals surface area contributed by atoms with Gasteiger partial charge in [0.05, 0.1) is 6.61 Å². The van der Waals surface area contributed by atoms with Crippen molar-refractivity contribution in [2.45, 2.75) is 27.7 Å². The van der Waals surface area contributed by atoms with E-state index in [0.29, 0.717) is 19.7 Å². The van der Waals surface area contributed by atoms with Crippen molar-refractivity contribution in [2.24, 2.45) is 0 Å². The fourth-order valence-corrected chi connectivity index (χ4v) is 1.81. The predicted molar refractivity (Wildman–Crippen MR) is 79.0 cm³/mol. The van der Waals surface area contributed by atoms with Crippen molar-refractivity contribution >= 4 is 17.7 Å². The summed E-state index contributed by atoms with van der Waals surface area (Å²) in [4.78, 5) is 24.6. The highest BCUT2D eigenvalue weighted by Gasteiger charge is 2.12. The Kier molecular flexibility index (Phi) is 6.03. The molecule has 0 heterocycles. The number of hydrogen-bond donors (Lipinski definition) is 1. The number of benzene rings is 1. The van der Waals surface area contributed by atoms with Gasteiger partial charge in [-0.2, -0.15) is 0 Å². The Hall–Kier alpha value is -2.04. The molecule has 0 atom stereocenters. The molecular weight excluding hydrogens is 256 g/mol. The molecule has 2 amide bonds. The Bertz CT molecular complexity index is 486. The molecule has 1 N–H and O–H groups in total. The molecule has 0 aliphatic carbocycles. The number of alkyl carbamates (subject to hydrolysis) is 1. The summed E-state index contributed by atoms with van der Waals surface area (Å²) >= 11 is 0. The SMILES string of the molecule is CCOC(=O)NCCN(C(C)=O)c1ccc(C)c(C)c1. The summed E-state index contributed by atoms with van der Waals surface area (Å²) in [6, 6.07) is 5.87. The lowest BCUT2D eigenvalue weighted by Crippen LogP contribution is -2.37. The fourth-order valence-electron chi connectivity index (χ4n) is 1.81. The summed E-state index contributed by atoms with van der Waals surface area (Å²) in [6.07, 6.45) is -0.462. The third-order valence-corrected chi connectivity index (χ3v) is 3.06. The minimum atomic E-state index is -0.462. The van der Waals surface area contributed by atoms with Crippen LogP contribution < -0.4 is 10.2 Å². The Labute approximate surface area is 119 Å². The molecule has 110 valence electrons. The molecule has 0 radical (unpaired) electrons. The number of carbonyl (C=O) groups excluding carboxylic acids is 2. The van der Waals surface area contributed by atoms with Gasteiger partial charge in [0.1, 0.15) is 0 Å². The highest BCUT2D eigenvalue weighted by molar-refractivity contribution is 5.91. The van der Waals surface area contributed by atoms with Gasteiger partial charge in [0.15, 0.2) is 0 Å². The maximum atomic E-state index is 11.7. The normalized spacial score (nSPS) is 10.0. The van der Waals surface area contributed by atoms with Crippen molar-refractivity contribution in [1.29, 1.82) is 0 Å². The van der Waals surface area contributed by atoms with Gasteiger partial charge in [-0.25, -0.2) is 4.79 Å². The molecule has 1 aromatic rings. The summed E-state index contributed by atoms with van der Waals surface area (Å²) in [5.41, 5.74) is 3.15. The zero-order valence-electron chi connectivity index (χ0n) is 12.5. The smallest absolute Gasteiger partial charge is 0.407 e. The number of anilines is 1. The molecule has 0 saturated carbocycles. The van der Waals surface area contributed by atoms with Crippen molar-refractivity contribution < 1.29 is 14.3 Å². The number of rotatable bonds is 5. The van der Waals surface area contributed by atoms with Gasteiger partial charge in [0, 0.05) is 25.7 Å². The van der Waals surface area contributed by atoms with E-state index >= 15 is 0 Å². The summed E-state index contributed by atoms with van der Waals surface area (Å²) in [6.45, 7) is 8.39. The van der Waals surface area contributed by atoms with Crippen LogP contribution in [-0.4, -0.2) is 31.7 Å². The van der Waals surface area contributed by atoms with Gasteiger partial charge in [-0.05, 0) is 44.0 Å². The number of carbonyl (C=O) groups is 2. The molecule has 0 spiro atoms. The van der Waals surface area contributed by atoms with Crippen LogP contribution in [0.4, 0.5) is 10.5 Å². The van der Waals surface area contributed by atoms with Crippen LogP contribution in [0.1, 0.15) is 25.0 Å². The summed E-state index contributed by atoms with van der Waals surface area (Å²) in [5, 5.41) is 2.61. The summed E-state index contributed by atoms with van der Waals surface area (Å²) in [7, 11) is 0. The van der Waals surface area contributed by atoms with Crippen LogP contribution in [0.25, 0.3) is 0 Å². The van der Waals surface area contributed by atoms with Gasteiger partial charge in [-0.3, -0.25) is 4.79 Å². The van der Waals surface area contributed by atoms with Crippen LogP contribution in [0.3, 0.4) is 0 Å². The molecular formula is C15H22N2O3. The quantitative estimate of drug-likeness (QED) is 0.899. The third-order valence-electron chi connectivity index (χ3n) is 3.06. The van der Waals surface area contributed by atoms with Crippen molar-refractivity contribution in [2.75, 3.05) is 24.6 Å². The molecule has 20 heavy (non-hydrogen) atoms. The van der Waals surface area contributed by atoms with E-state index in [-0.39, 0.29) is 5.91 Å². The maximum absolute atomic E-state index is 11.7. The Morgan fingerprint density at radius 3 is 2.50 bits per heavy atom. The zero-order valence-corrected chi connectivity index (χ0v) is 12.5. The Morgan fingerprint density at radius 2 is 1.95 bits per heavy atom. The lowest BCUT2D eigenvalue weighted by atomic mass is 10.1. The number of nitrogens with one attached hydrogen (secondary N) is 1. The van der Waals surface area contributed by atoms with Crippen LogP contribution in [0.5, 0.6) is 0 Å². The Balaban J connectivity index is 2.67. The largest absolute Gasteiger partial charge is 0.450 e. The molecule has 0 saturated heterocycles. The van der Waals surface area contributed by atoms with Crippen LogP contribution in [-0.2, 0) is 9.53 Å². The second-order valence-electron chi connectivity index (χ2n) is 4.59. The van der Waals surface area contributed by atoms with E-state index in [2.05, 4.69) is 5.32 Å². The molecule has 0 aromatic heterocycles. The van der Waals surface area contributed by atoms with Crippen LogP contribution in [0.2, 0.25) is 0 Å². The summed E-state index contributed by atoms with van der Waals surface area (Å²) in [5.74, 6) is -0.0566. The number of hydrogen-bond acceptors (Lipinski definition) is 3. The molecule has 0 aliphatic heterocycles. The van der Waals surface area contributed by atoms with Crippen LogP contribution in [0.15, 0.2) is 18.2 Å². The molecule has 0 fully saturated rings. The van der Waals surface area contributed by atoms with E-state index in [9.17, 15) is 9.59 Å². The highest BCUT2D eigenvalue weighted by atomic mass is 16.5. The third kappa shape index (κ3) is 4.57. The van der Waals surface area contributed by atoms with Crippen molar-refractivity contribution in [3.8, 4) is 0 Å². The van der Waals surface area contributed by atoms with E-state index in [1.165, 1.54) is 12.5 Å². The van der Waals surface area contributed by atoms with E-state index in [4.69, 9.17) is 4.74 Å². The monoisotopic (exact) mass is 278 g/mol. The average Bonchev–Trinajstić information content (AvgIpc) is 2.38. The molecule has 5 nitrogen and oxygen atoms in total. The Morgan fingerprint density at radius 1 is 1.25 bits per heavy atom. The maximum Gasteiger partial charge on any atom is 0.407 e. The number of nitrogens with zero attached hydrogens (tertiary/aromatic N) is 1. The molecule has 0 unspecified atom stereocenters.